The summed E-state index contributed by atoms with van der Waals surface area (Å²) in [7, 11) is 0. The molecule has 2 aromatic carbocycles. The molecular weight excluding hydrogens is 294 g/mol. The van der Waals surface area contributed by atoms with Gasteiger partial charge in [0.05, 0.1) is 4.47 Å². The largest absolute Gasteiger partial charge is 0.453 e. The Morgan fingerprint density at radius 3 is 2.69 bits per heavy atom. The molecule has 3 aromatic rings. The van der Waals surface area contributed by atoms with E-state index in [1.54, 1.807) is 18.2 Å². The maximum Gasteiger partial charge on any atom is 0.180 e. The Morgan fingerprint density at radius 2 is 1.88 bits per heavy atom. The Kier molecular flexibility index (Phi) is 2.19. The van der Waals surface area contributed by atoms with Crippen LogP contribution in [-0.4, -0.2) is 0 Å². The van der Waals surface area contributed by atoms with E-state index in [1.807, 2.05) is 12.1 Å². The normalized spacial score (nSPS) is 11.4. The number of furan rings is 1. The van der Waals surface area contributed by atoms with Gasteiger partial charge in [0.15, 0.2) is 11.4 Å². The minimum absolute atomic E-state index is 0.256. The zero-order valence-corrected chi connectivity index (χ0v) is 10.3. The van der Waals surface area contributed by atoms with Crippen LogP contribution in [0, 0.1) is 5.82 Å². The molecule has 0 saturated heterocycles. The molecule has 80 valence electrons. The van der Waals surface area contributed by atoms with Gasteiger partial charge in [-0.2, -0.15) is 0 Å². The second-order valence-electron chi connectivity index (χ2n) is 3.48. The van der Waals surface area contributed by atoms with Gasteiger partial charge in [0.25, 0.3) is 0 Å². The summed E-state index contributed by atoms with van der Waals surface area (Å²) in [5.41, 5.74) is 0.853. The third-order valence-corrected chi connectivity index (χ3v) is 3.34. The molecule has 0 atom stereocenters. The Bertz CT molecular complexity index is 705. The summed E-state index contributed by atoms with van der Waals surface area (Å²) in [5.74, 6) is -0.384. The van der Waals surface area contributed by atoms with Gasteiger partial charge in [0.2, 0.25) is 0 Å². The van der Waals surface area contributed by atoms with Crippen LogP contribution in [0.1, 0.15) is 0 Å². The molecule has 0 aliphatic heterocycles. The summed E-state index contributed by atoms with van der Waals surface area (Å²) in [6.45, 7) is 0. The molecule has 0 amide bonds. The van der Waals surface area contributed by atoms with Crippen LogP contribution in [0.2, 0.25) is 5.02 Å². The average Bonchev–Trinajstić information content (AvgIpc) is 2.62. The number of rotatable bonds is 0. The van der Waals surface area contributed by atoms with Gasteiger partial charge in [0.1, 0.15) is 5.58 Å². The summed E-state index contributed by atoms with van der Waals surface area (Å²) in [6, 6.07) is 8.77. The van der Waals surface area contributed by atoms with Crippen molar-refractivity contribution in [3.63, 3.8) is 0 Å². The quantitative estimate of drug-likeness (QED) is 0.560. The highest BCUT2D eigenvalue weighted by Gasteiger charge is 2.13. The number of fused-ring (bicyclic) bond motifs is 3. The Labute approximate surface area is 104 Å². The molecule has 0 aliphatic rings. The molecule has 1 heterocycles. The first-order valence-electron chi connectivity index (χ1n) is 4.62. The highest BCUT2D eigenvalue weighted by atomic mass is 79.9. The van der Waals surface area contributed by atoms with E-state index in [9.17, 15) is 4.39 Å². The summed E-state index contributed by atoms with van der Waals surface area (Å²) in [6.07, 6.45) is 0. The maximum atomic E-state index is 13.8. The van der Waals surface area contributed by atoms with E-state index >= 15 is 0 Å². The SMILES string of the molecule is Fc1c(Br)ccc2c1oc1cc(Cl)ccc12. The number of benzene rings is 2. The van der Waals surface area contributed by atoms with Crippen molar-refractivity contribution < 1.29 is 8.81 Å². The van der Waals surface area contributed by atoms with Crippen molar-refractivity contribution in [1.29, 1.82) is 0 Å². The fraction of sp³-hybridized carbons (Fsp3) is 0. The maximum absolute atomic E-state index is 13.8. The van der Waals surface area contributed by atoms with Gasteiger partial charge in [-0.05, 0) is 40.2 Å². The van der Waals surface area contributed by atoms with Crippen LogP contribution in [0.3, 0.4) is 0 Å². The smallest absolute Gasteiger partial charge is 0.180 e. The predicted molar refractivity (Wildman–Crippen MR) is 66.4 cm³/mol. The molecular formula is C12H5BrClFO. The first-order chi connectivity index (χ1) is 7.66. The van der Waals surface area contributed by atoms with Gasteiger partial charge in [-0.15, -0.1) is 0 Å². The second kappa shape index (κ2) is 3.47. The molecule has 0 unspecified atom stereocenters. The number of hydrogen-bond acceptors (Lipinski definition) is 1. The highest BCUT2D eigenvalue weighted by Crippen LogP contribution is 2.34. The first-order valence-corrected chi connectivity index (χ1v) is 5.79. The molecule has 1 nitrogen and oxygen atoms in total. The van der Waals surface area contributed by atoms with Crippen LogP contribution < -0.4 is 0 Å². The van der Waals surface area contributed by atoms with Gasteiger partial charge in [-0.1, -0.05) is 11.6 Å². The topological polar surface area (TPSA) is 13.1 Å². The molecule has 0 fully saturated rings. The Morgan fingerprint density at radius 1 is 1.12 bits per heavy atom. The third-order valence-electron chi connectivity index (χ3n) is 2.50. The second-order valence-corrected chi connectivity index (χ2v) is 4.77. The summed E-state index contributed by atoms with van der Waals surface area (Å²) >= 11 is 8.98. The third kappa shape index (κ3) is 1.35. The molecule has 0 saturated carbocycles. The Balaban J connectivity index is 2.55. The van der Waals surface area contributed by atoms with Crippen LogP contribution in [0.25, 0.3) is 21.9 Å². The van der Waals surface area contributed by atoms with Crippen molar-refractivity contribution in [1.82, 2.24) is 0 Å². The predicted octanol–water partition coefficient (Wildman–Crippen LogP) is 5.14. The average molecular weight is 300 g/mol. The van der Waals surface area contributed by atoms with Crippen molar-refractivity contribution in [3.05, 3.63) is 45.6 Å². The van der Waals surface area contributed by atoms with Crippen molar-refractivity contribution in [2.75, 3.05) is 0 Å². The first kappa shape index (κ1) is 10.1. The molecule has 1 aromatic heterocycles. The molecule has 4 heteroatoms. The van der Waals surface area contributed by atoms with Crippen LogP contribution in [-0.2, 0) is 0 Å². The minimum atomic E-state index is -0.384. The van der Waals surface area contributed by atoms with E-state index < -0.39 is 0 Å². The lowest BCUT2D eigenvalue weighted by Gasteiger charge is -1.93. The highest BCUT2D eigenvalue weighted by molar-refractivity contribution is 9.10. The van der Waals surface area contributed by atoms with Crippen LogP contribution >= 0.6 is 27.5 Å². The van der Waals surface area contributed by atoms with Crippen molar-refractivity contribution >= 4 is 49.5 Å². The van der Waals surface area contributed by atoms with E-state index in [2.05, 4.69) is 15.9 Å². The monoisotopic (exact) mass is 298 g/mol. The standard InChI is InChI=1S/C12H5BrClFO/c13-9-4-3-8-7-2-1-6(14)5-10(7)16-12(8)11(9)15/h1-5H. The lowest BCUT2D eigenvalue weighted by molar-refractivity contribution is 0.580. The van der Waals surface area contributed by atoms with Gasteiger partial charge >= 0.3 is 0 Å². The molecule has 0 bridgehead atoms. The lowest BCUT2D eigenvalue weighted by atomic mass is 10.1. The summed E-state index contributed by atoms with van der Waals surface area (Å²) in [4.78, 5) is 0. The van der Waals surface area contributed by atoms with Crippen LogP contribution in [0.5, 0.6) is 0 Å². The van der Waals surface area contributed by atoms with Crippen LogP contribution in [0.4, 0.5) is 4.39 Å². The minimum Gasteiger partial charge on any atom is -0.453 e. The zero-order valence-electron chi connectivity index (χ0n) is 7.93. The fourth-order valence-electron chi connectivity index (χ4n) is 1.76. The lowest BCUT2D eigenvalue weighted by Crippen LogP contribution is -1.76. The van der Waals surface area contributed by atoms with Gasteiger partial charge < -0.3 is 4.42 Å². The molecule has 0 spiro atoms. The fourth-order valence-corrected chi connectivity index (χ4v) is 2.23. The molecule has 3 rings (SSSR count). The molecule has 16 heavy (non-hydrogen) atoms. The van der Waals surface area contributed by atoms with E-state index in [1.165, 1.54) is 0 Å². The number of hydrogen-bond donors (Lipinski definition) is 0. The Hall–Kier alpha value is -1.06. The molecule has 0 N–H and O–H groups in total. The van der Waals surface area contributed by atoms with Crippen molar-refractivity contribution in [2.24, 2.45) is 0 Å². The summed E-state index contributed by atoms with van der Waals surface area (Å²) in [5, 5.41) is 2.20. The van der Waals surface area contributed by atoms with Crippen molar-refractivity contribution in [3.8, 4) is 0 Å². The van der Waals surface area contributed by atoms with Crippen LogP contribution in [0.15, 0.2) is 39.2 Å². The molecule has 0 aliphatic carbocycles. The van der Waals surface area contributed by atoms with Gasteiger partial charge in [0, 0.05) is 21.9 Å². The van der Waals surface area contributed by atoms with Crippen molar-refractivity contribution in [2.45, 2.75) is 0 Å². The zero-order chi connectivity index (χ0) is 11.3. The number of halogens is 3. The van der Waals surface area contributed by atoms with Gasteiger partial charge in [-0.3, -0.25) is 0 Å². The van der Waals surface area contributed by atoms with E-state index in [-0.39, 0.29) is 11.4 Å². The molecule has 0 radical (unpaired) electrons. The van der Waals surface area contributed by atoms with E-state index in [4.69, 9.17) is 16.0 Å². The van der Waals surface area contributed by atoms with E-state index in [0.29, 0.717) is 15.1 Å². The summed E-state index contributed by atoms with van der Waals surface area (Å²) < 4.78 is 19.6. The van der Waals surface area contributed by atoms with E-state index in [0.717, 1.165) is 10.8 Å². The van der Waals surface area contributed by atoms with Gasteiger partial charge in [-0.25, -0.2) is 4.39 Å².